The minimum absolute atomic E-state index is 0.223. The Labute approximate surface area is 200 Å². The van der Waals surface area contributed by atoms with Crippen molar-refractivity contribution in [2.75, 3.05) is 13.7 Å². The molecule has 7 nitrogen and oxygen atoms in total. The van der Waals surface area contributed by atoms with Crippen LogP contribution in [0.5, 0.6) is 11.5 Å². The Balaban J connectivity index is 1.74. The average Bonchev–Trinajstić information content (AvgIpc) is 3.45. The maximum absolute atomic E-state index is 12.6. The monoisotopic (exact) mass is 473 g/mol. The molecule has 34 heavy (non-hydrogen) atoms. The summed E-state index contributed by atoms with van der Waals surface area (Å²) in [5.74, 6) is 0.473. The molecule has 0 aliphatic heterocycles. The molecule has 172 valence electrons. The van der Waals surface area contributed by atoms with Crippen LogP contribution in [0.3, 0.4) is 0 Å². The van der Waals surface area contributed by atoms with Crippen LogP contribution in [0.1, 0.15) is 29.4 Å². The minimum atomic E-state index is -0.993. The first-order valence-electron chi connectivity index (χ1n) is 11.0. The van der Waals surface area contributed by atoms with E-state index in [9.17, 15) is 9.90 Å². The van der Waals surface area contributed by atoms with Crippen LogP contribution in [0.25, 0.3) is 33.1 Å². The number of methoxy groups -OCH3 is 1. The molecule has 0 bridgehead atoms. The third-order valence-corrected chi connectivity index (χ3v) is 6.31. The van der Waals surface area contributed by atoms with Crippen LogP contribution >= 0.6 is 11.7 Å². The number of carboxylic acids is 1. The van der Waals surface area contributed by atoms with Gasteiger partial charge in [-0.25, -0.2) is 4.79 Å². The van der Waals surface area contributed by atoms with Crippen LogP contribution in [-0.4, -0.2) is 38.1 Å². The van der Waals surface area contributed by atoms with E-state index in [1.165, 1.54) is 0 Å². The van der Waals surface area contributed by atoms with Gasteiger partial charge in [0.25, 0.3) is 0 Å². The van der Waals surface area contributed by atoms with Gasteiger partial charge in [0.15, 0.2) is 0 Å². The number of hydrogen-bond acceptors (Lipinski definition) is 6. The molecule has 5 aromatic rings. The van der Waals surface area contributed by atoms with Crippen molar-refractivity contribution in [3.05, 3.63) is 71.9 Å². The van der Waals surface area contributed by atoms with Crippen LogP contribution in [0.2, 0.25) is 0 Å². The highest BCUT2D eigenvalue weighted by Gasteiger charge is 2.25. The van der Waals surface area contributed by atoms with E-state index in [1.54, 1.807) is 7.11 Å². The summed E-state index contributed by atoms with van der Waals surface area (Å²) in [5.41, 5.74) is 4.98. The average molecular weight is 474 g/mol. The summed E-state index contributed by atoms with van der Waals surface area (Å²) in [5, 5.41) is 11.2. The lowest BCUT2D eigenvalue weighted by Gasteiger charge is -2.10. The Morgan fingerprint density at radius 1 is 1.00 bits per heavy atom. The van der Waals surface area contributed by atoms with E-state index in [4.69, 9.17) is 9.47 Å². The highest BCUT2D eigenvalue weighted by Crippen LogP contribution is 2.38. The first kappa shape index (κ1) is 21.9. The Morgan fingerprint density at radius 3 is 2.50 bits per heavy atom. The molecular weight excluding hydrogens is 450 g/mol. The van der Waals surface area contributed by atoms with Crippen molar-refractivity contribution < 1.29 is 19.4 Å². The van der Waals surface area contributed by atoms with E-state index >= 15 is 0 Å². The second-order valence-corrected chi connectivity index (χ2v) is 8.49. The maximum Gasteiger partial charge on any atom is 0.353 e. The molecular formula is C26H23N3O4S. The summed E-state index contributed by atoms with van der Waals surface area (Å²) in [6.45, 7) is 3.04. The van der Waals surface area contributed by atoms with Crippen molar-refractivity contribution in [1.82, 2.24) is 13.3 Å². The van der Waals surface area contributed by atoms with Gasteiger partial charge >= 0.3 is 5.97 Å². The number of aromatic carboxylic acids is 1. The summed E-state index contributed by atoms with van der Waals surface area (Å²) in [7, 11) is 1.62. The van der Waals surface area contributed by atoms with Crippen molar-refractivity contribution >= 4 is 39.6 Å². The second kappa shape index (κ2) is 9.15. The molecule has 0 amide bonds. The van der Waals surface area contributed by atoms with Gasteiger partial charge in [-0.2, -0.15) is 8.75 Å². The third-order valence-electron chi connectivity index (χ3n) is 5.75. The van der Waals surface area contributed by atoms with E-state index in [2.05, 4.69) is 15.7 Å². The maximum atomic E-state index is 12.6. The fraction of sp³-hybridized carbons (Fsp3) is 0.192. The molecule has 2 heterocycles. The minimum Gasteiger partial charge on any atom is -0.497 e. The van der Waals surface area contributed by atoms with Crippen molar-refractivity contribution in [3.63, 3.8) is 0 Å². The van der Waals surface area contributed by atoms with Crippen LogP contribution in [0, 0.1) is 0 Å². The number of fused-ring (bicyclic) bond motifs is 2. The van der Waals surface area contributed by atoms with Gasteiger partial charge in [-0.15, -0.1) is 0 Å². The molecule has 0 saturated heterocycles. The van der Waals surface area contributed by atoms with Gasteiger partial charge in [-0.1, -0.05) is 25.1 Å². The van der Waals surface area contributed by atoms with Crippen LogP contribution < -0.4 is 9.47 Å². The Bertz CT molecular complexity index is 1490. The highest BCUT2D eigenvalue weighted by molar-refractivity contribution is 7.00. The second-order valence-electron chi connectivity index (χ2n) is 7.96. The first-order valence-corrected chi connectivity index (χ1v) is 11.7. The molecule has 3 aromatic carbocycles. The summed E-state index contributed by atoms with van der Waals surface area (Å²) >= 11 is 1.14. The Hall–Kier alpha value is -3.91. The summed E-state index contributed by atoms with van der Waals surface area (Å²) in [6.07, 6.45) is 0.886. The topological polar surface area (TPSA) is 86.5 Å². The highest BCUT2D eigenvalue weighted by atomic mass is 32.1. The number of benzene rings is 3. The van der Waals surface area contributed by atoms with Gasteiger partial charge in [0, 0.05) is 23.0 Å². The van der Waals surface area contributed by atoms with Crippen molar-refractivity contribution in [1.29, 1.82) is 0 Å². The number of aromatic nitrogens is 3. The molecule has 0 radical (unpaired) electrons. The van der Waals surface area contributed by atoms with Gasteiger partial charge < -0.3 is 19.1 Å². The standard InChI is InChI=1S/C26H23N3O4S/c1-3-12-33-19-9-11-23-20(14-19)24(17-6-10-21-22(13-17)28-34-27-21)25(26(30)31)29(23)15-16-4-7-18(32-2)8-5-16/h4-11,13-14H,3,12,15H2,1-2H3,(H,30,31). The predicted octanol–water partition coefficient (Wildman–Crippen LogP) is 5.86. The number of nitrogens with zero attached hydrogens (tertiary/aromatic N) is 3. The lowest BCUT2D eigenvalue weighted by Crippen LogP contribution is -2.10. The number of carboxylic acid groups (broad SMARTS) is 1. The van der Waals surface area contributed by atoms with E-state index in [0.29, 0.717) is 24.5 Å². The van der Waals surface area contributed by atoms with E-state index in [1.807, 2.05) is 65.2 Å². The number of hydrogen-bond donors (Lipinski definition) is 1. The molecule has 8 heteroatoms. The zero-order valence-electron chi connectivity index (χ0n) is 18.8. The van der Waals surface area contributed by atoms with Gasteiger partial charge in [-0.05, 0) is 60.0 Å². The van der Waals surface area contributed by atoms with Crippen LogP contribution in [0.15, 0.2) is 60.7 Å². The normalized spacial score (nSPS) is 11.2. The van der Waals surface area contributed by atoms with Gasteiger partial charge in [0.2, 0.25) is 0 Å². The molecule has 0 saturated carbocycles. The van der Waals surface area contributed by atoms with Gasteiger partial charge in [-0.3, -0.25) is 0 Å². The third kappa shape index (κ3) is 3.97. The zero-order chi connectivity index (χ0) is 23.7. The fourth-order valence-electron chi connectivity index (χ4n) is 4.17. The molecule has 2 aromatic heterocycles. The van der Waals surface area contributed by atoms with E-state index in [0.717, 1.165) is 57.0 Å². The Morgan fingerprint density at radius 2 is 1.76 bits per heavy atom. The smallest absolute Gasteiger partial charge is 0.353 e. The molecule has 0 aliphatic carbocycles. The molecule has 0 spiro atoms. The summed E-state index contributed by atoms with van der Waals surface area (Å²) in [4.78, 5) is 12.6. The van der Waals surface area contributed by atoms with Crippen molar-refractivity contribution in [2.24, 2.45) is 0 Å². The molecule has 1 N–H and O–H groups in total. The van der Waals surface area contributed by atoms with Crippen LogP contribution in [0.4, 0.5) is 0 Å². The Kier molecular flexibility index (Phi) is 5.90. The SMILES string of the molecule is CCCOc1ccc2c(c1)c(-c1ccc3nsnc3c1)c(C(=O)O)n2Cc1ccc(OC)cc1. The molecule has 0 fully saturated rings. The van der Waals surface area contributed by atoms with Crippen LogP contribution in [-0.2, 0) is 6.54 Å². The van der Waals surface area contributed by atoms with Gasteiger partial charge in [0.1, 0.15) is 28.2 Å². The van der Waals surface area contributed by atoms with E-state index in [-0.39, 0.29) is 5.69 Å². The van der Waals surface area contributed by atoms with Gasteiger partial charge in [0.05, 0.1) is 25.4 Å². The quantitative estimate of drug-likeness (QED) is 0.304. The lowest BCUT2D eigenvalue weighted by atomic mass is 10.0. The molecule has 5 rings (SSSR count). The first-order chi connectivity index (χ1) is 16.6. The lowest BCUT2D eigenvalue weighted by molar-refractivity contribution is 0.0687. The predicted molar refractivity (Wildman–Crippen MR) is 133 cm³/mol. The van der Waals surface area contributed by atoms with Crippen molar-refractivity contribution in [3.8, 4) is 22.6 Å². The summed E-state index contributed by atoms with van der Waals surface area (Å²) in [6, 6.07) is 19.1. The summed E-state index contributed by atoms with van der Waals surface area (Å²) < 4.78 is 21.6. The zero-order valence-corrected chi connectivity index (χ0v) is 19.6. The molecule has 0 aliphatic rings. The number of ether oxygens (including phenoxy) is 2. The fourth-order valence-corrected chi connectivity index (χ4v) is 4.69. The molecule has 0 atom stereocenters. The van der Waals surface area contributed by atoms with Crippen molar-refractivity contribution in [2.45, 2.75) is 19.9 Å². The largest absolute Gasteiger partial charge is 0.497 e. The number of rotatable bonds is 8. The number of carbonyl (C=O) groups is 1. The van der Waals surface area contributed by atoms with E-state index < -0.39 is 5.97 Å². The molecule has 0 unspecified atom stereocenters.